The Hall–Kier alpha value is -1.36. The molecular weight excluding hydrogens is 378 g/mol. The van der Waals surface area contributed by atoms with Gasteiger partial charge in [-0.2, -0.15) is 0 Å². The molecule has 0 spiro atoms. The number of carbonyl (C=O) groups is 1. The number of allylic oxidation sites excluding steroid dienone is 4. The van der Waals surface area contributed by atoms with E-state index in [2.05, 4.69) is 57.4 Å². The van der Waals surface area contributed by atoms with Gasteiger partial charge >= 0.3 is 0 Å². The lowest BCUT2D eigenvalue weighted by molar-refractivity contribution is -0.135. The third-order valence-electron chi connectivity index (χ3n) is 6.62. The van der Waals surface area contributed by atoms with Crippen molar-refractivity contribution in [1.29, 1.82) is 0 Å². The molecule has 0 heterocycles. The van der Waals surface area contributed by atoms with E-state index in [0.717, 1.165) is 6.42 Å². The maximum atomic E-state index is 13.1. The molecule has 1 amide bonds. The van der Waals surface area contributed by atoms with Gasteiger partial charge in [0.2, 0.25) is 5.91 Å². The summed E-state index contributed by atoms with van der Waals surface area (Å²) in [4.78, 5) is 15.0. The van der Waals surface area contributed by atoms with Crippen LogP contribution in [0.4, 0.5) is 0 Å². The molecule has 164 valence electrons. The number of hydrogen-bond donors (Lipinski definition) is 2. The van der Waals surface area contributed by atoms with Crippen LogP contribution in [0.5, 0.6) is 0 Å². The van der Waals surface area contributed by atoms with Gasteiger partial charge in [0.05, 0.1) is 0 Å². The number of rotatable bonds is 6. The van der Waals surface area contributed by atoms with Gasteiger partial charge in [0.15, 0.2) is 5.11 Å². The van der Waals surface area contributed by atoms with E-state index in [1.165, 1.54) is 30.4 Å². The first-order valence-electron chi connectivity index (χ1n) is 11.3. The van der Waals surface area contributed by atoms with E-state index < -0.39 is 0 Å². The molecule has 0 saturated heterocycles. The van der Waals surface area contributed by atoms with Gasteiger partial charge in [0.25, 0.3) is 0 Å². The van der Waals surface area contributed by atoms with Crippen LogP contribution < -0.4 is 10.6 Å². The van der Waals surface area contributed by atoms with E-state index in [1.54, 1.807) is 0 Å². The van der Waals surface area contributed by atoms with Crippen LogP contribution in [-0.2, 0) is 4.79 Å². The zero-order valence-corrected chi connectivity index (χ0v) is 20.3. The molecule has 2 aliphatic rings. The molecule has 29 heavy (non-hydrogen) atoms. The summed E-state index contributed by atoms with van der Waals surface area (Å²) in [5, 5.41) is 7.62. The van der Waals surface area contributed by atoms with Crippen LogP contribution >= 0.6 is 12.2 Å². The number of carbonyl (C=O) groups excluding carboxylic acids is 1. The summed E-state index contributed by atoms with van der Waals surface area (Å²) in [5.74, 6) is 1.21. The van der Waals surface area contributed by atoms with Gasteiger partial charge in [-0.3, -0.25) is 4.79 Å². The van der Waals surface area contributed by atoms with Crippen molar-refractivity contribution in [2.75, 3.05) is 13.1 Å². The normalized spacial score (nSPS) is 23.8. The molecule has 0 aliphatic heterocycles. The smallest absolute Gasteiger partial charge is 0.245 e. The molecule has 1 fully saturated rings. The fourth-order valence-electron chi connectivity index (χ4n) is 4.95. The predicted octanol–water partition coefficient (Wildman–Crippen LogP) is 4.81. The fraction of sp³-hybridized carbons (Fsp3) is 0.750. The van der Waals surface area contributed by atoms with Gasteiger partial charge < -0.3 is 15.5 Å². The molecule has 0 aromatic carbocycles. The Balaban J connectivity index is 2.10. The number of nitrogens with zero attached hydrogens (tertiary/aromatic N) is 1. The molecule has 5 heteroatoms. The number of thiocarbonyl (C=S) groups is 1. The minimum Gasteiger partial charge on any atom is -0.360 e. The van der Waals surface area contributed by atoms with Crippen molar-refractivity contribution < 1.29 is 4.79 Å². The highest BCUT2D eigenvalue weighted by atomic mass is 32.1. The maximum Gasteiger partial charge on any atom is 0.245 e. The fourth-order valence-corrected chi connectivity index (χ4v) is 5.22. The Labute approximate surface area is 183 Å². The van der Waals surface area contributed by atoms with Gasteiger partial charge in [0, 0.05) is 25.0 Å². The number of likely N-dealkylation sites (N-methyl/N-ethyl adjacent to an activating group) is 1. The molecule has 0 unspecified atom stereocenters. The average Bonchev–Trinajstić information content (AvgIpc) is 2.98. The average molecular weight is 420 g/mol. The molecule has 1 saturated carbocycles. The van der Waals surface area contributed by atoms with Gasteiger partial charge in [-0.15, -0.1) is 0 Å². The van der Waals surface area contributed by atoms with Crippen molar-refractivity contribution in [1.82, 2.24) is 15.5 Å². The second-order valence-electron chi connectivity index (χ2n) is 9.78. The molecule has 0 bridgehead atoms. The lowest BCUT2D eigenvalue weighted by atomic mass is 9.72. The van der Waals surface area contributed by atoms with Crippen molar-refractivity contribution in [3.05, 3.63) is 23.3 Å². The summed E-state index contributed by atoms with van der Waals surface area (Å²) < 4.78 is 0. The summed E-state index contributed by atoms with van der Waals surface area (Å²) in [6.07, 6.45) is 9.40. The first kappa shape index (κ1) is 23.9. The zero-order valence-electron chi connectivity index (χ0n) is 19.5. The third kappa shape index (κ3) is 5.84. The highest BCUT2D eigenvalue weighted by molar-refractivity contribution is 7.80. The highest BCUT2D eigenvalue weighted by Crippen LogP contribution is 2.40. The Kier molecular flexibility index (Phi) is 8.33. The Bertz CT molecular complexity index is 640. The third-order valence-corrected chi connectivity index (χ3v) is 6.85. The van der Waals surface area contributed by atoms with Crippen molar-refractivity contribution in [3.8, 4) is 0 Å². The first-order valence-corrected chi connectivity index (χ1v) is 11.7. The molecule has 0 aromatic heterocycles. The van der Waals surface area contributed by atoms with Gasteiger partial charge in [-0.1, -0.05) is 56.9 Å². The van der Waals surface area contributed by atoms with E-state index in [4.69, 9.17) is 12.2 Å². The summed E-state index contributed by atoms with van der Waals surface area (Å²) in [6.45, 7) is 16.3. The molecule has 4 nitrogen and oxygen atoms in total. The van der Waals surface area contributed by atoms with Crippen molar-refractivity contribution >= 4 is 23.2 Å². The van der Waals surface area contributed by atoms with Crippen LogP contribution in [0.25, 0.3) is 0 Å². The quantitative estimate of drug-likeness (QED) is 0.606. The van der Waals surface area contributed by atoms with Crippen molar-refractivity contribution in [3.63, 3.8) is 0 Å². The van der Waals surface area contributed by atoms with E-state index >= 15 is 0 Å². The van der Waals surface area contributed by atoms with E-state index in [0.29, 0.717) is 36.1 Å². The van der Waals surface area contributed by atoms with Crippen LogP contribution in [0.15, 0.2) is 23.3 Å². The van der Waals surface area contributed by atoms with Gasteiger partial charge in [-0.05, 0) is 64.1 Å². The summed E-state index contributed by atoms with van der Waals surface area (Å²) in [6, 6.07) is 0.0157. The molecule has 2 N–H and O–H groups in total. The predicted molar refractivity (Wildman–Crippen MR) is 127 cm³/mol. The lowest BCUT2D eigenvalue weighted by Crippen LogP contribution is -2.58. The monoisotopic (exact) mass is 419 g/mol. The summed E-state index contributed by atoms with van der Waals surface area (Å²) >= 11 is 5.72. The Morgan fingerprint density at radius 2 is 1.69 bits per heavy atom. The largest absolute Gasteiger partial charge is 0.360 e. The van der Waals surface area contributed by atoms with Crippen LogP contribution in [0.3, 0.4) is 0 Å². The first-order chi connectivity index (χ1) is 13.6. The number of nitrogens with one attached hydrogen (secondary N) is 2. The highest BCUT2D eigenvalue weighted by Gasteiger charge is 2.37. The van der Waals surface area contributed by atoms with Crippen LogP contribution in [0.1, 0.15) is 74.1 Å². The molecule has 2 aliphatic carbocycles. The van der Waals surface area contributed by atoms with Crippen LogP contribution in [0.2, 0.25) is 0 Å². The molecule has 0 radical (unpaired) electrons. The molecule has 2 rings (SSSR count). The number of hydrogen-bond acceptors (Lipinski definition) is 2. The van der Waals surface area contributed by atoms with E-state index in [1.807, 2.05) is 18.7 Å². The molecular formula is C24H41N3OS. The summed E-state index contributed by atoms with van der Waals surface area (Å²) in [7, 11) is 0. The topological polar surface area (TPSA) is 44.4 Å². The zero-order chi connectivity index (χ0) is 21.8. The SMILES string of the molecule is CCN(CC)C(=O)[C@@H](NC(=S)N[C@@H]1CCCC[C@H]1C1C(C)=CC=C1C)C(C)(C)C. The van der Waals surface area contributed by atoms with Crippen molar-refractivity contribution in [2.45, 2.75) is 86.2 Å². The van der Waals surface area contributed by atoms with Gasteiger partial charge in [-0.25, -0.2) is 0 Å². The molecule has 0 aromatic rings. The Morgan fingerprint density at radius 1 is 1.14 bits per heavy atom. The van der Waals surface area contributed by atoms with Crippen LogP contribution in [0, 0.1) is 17.3 Å². The Morgan fingerprint density at radius 3 is 2.21 bits per heavy atom. The standard InChI is InChI=1S/C24H41N3OS/c1-8-27(9-2)22(28)21(24(5,6)7)26-23(29)25-19-13-11-10-12-18(19)20-16(3)14-15-17(20)4/h14-15,18-21H,8-13H2,1-7H3,(H2,25,26,29)/t18-,19-,21-/m1/s1. The lowest BCUT2D eigenvalue weighted by Gasteiger charge is -2.40. The van der Waals surface area contributed by atoms with E-state index in [9.17, 15) is 4.79 Å². The number of amides is 1. The van der Waals surface area contributed by atoms with E-state index in [-0.39, 0.29) is 17.4 Å². The minimum atomic E-state index is -0.334. The van der Waals surface area contributed by atoms with Gasteiger partial charge in [0.1, 0.15) is 6.04 Å². The second kappa shape index (κ2) is 10.1. The molecule has 3 atom stereocenters. The van der Waals surface area contributed by atoms with Crippen molar-refractivity contribution in [2.24, 2.45) is 17.3 Å². The second-order valence-corrected chi connectivity index (χ2v) is 10.2. The minimum absolute atomic E-state index is 0.125. The van der Waals surface area contributed by atoms with Crippen LogP contribution in [-0.4, -0.2) is 41.1 Å². The maximum absolute atomic E-state index is 13.1. The summed E-state index contributed by atoms with van der Waals surface area (Å²) in [5.41, 5.74) is 2.70.